The molecule has 3 N–H and O–H groups in total. The quantitative estimate of drug-likeness (QED) is 0.365. The highest BCUT2D eigenvalue weighted by atomic mass is 16.1. The standard InChI is InChI=1S/C25H23N9O2/c1-14-13-32(22-18(15(2)35)12-29-25(26)30-22)19(14)23-31-33-11-8-17(21-27-9-10-28-21)20(33)24(36)34(23)16-6-4-3-5-7-16/h3-12,14,19H,13H2,1-2H3,(H,27,28)(H2,26,29,30)/t14-,19-/m0/s1. The van der Waals surface area contributed by atoms with Crippen molar-refractivity contribution in [1.29, 1.82) is 0 Å². The number of imidazole rings is 1. The third-order valence-corrected chi connectivity index (χ3v) is 6.54. The molecule has 4 aromatic heterocycles. The molecule has 0 bridgehead atoms. The molecule has 0 aliphatic carbocycles. The molecule has 5 aromatic rings. The van der Waals surface area contributed by atoms with Crippen molar-refractivity contribution >= 4 is 23.1 Å². The summed E-state index contributed by atoms with van der Waals surface area (Å²) in [6, 6.07) is 10.9. The van der Waals surface area contributed by atoms with E-state index in [1.165, 1.54) is 13.1 Å². The Morgan fingerprint density at radius 2 is 1.97 bits per heavy atom. The minimum absolute atomic E-state index is 0.0747. The van der Waals surface area contributed by atoms with Gasteiger partial charge in [-0.25, -0.2) is 14.5 Å². The van der Waals surface area contributed by atoms with E-state index < -0.39 is 0 Å². The zero-order valence-electron chi connectivity index (χ0n) is 19.7. The second kappa shape index (κ2) is 8.15. The third-order valence-electron chi connectivity index (χ3n) is 6.54. The summed E-state index contributed by atoms with van der Waals surface area (Å²) in [7, 11) is 0. The van der Waals surface area contributed by atoms with Gasteiger partial charge in [0.15, 0.2) is 11.6 Å². The zero-order chi connectivity index (χ0) is 25.0. The van der Waals surface area contributed by atoms with E-state index in [0.29, 0.717) is 46.3 Å². The Balaban J connectivity index is 1.60. The van der Waals surface area contributed by atoms with Crippen molar-refractivity contribution < 1.29 is 4.79 Å². The van der Waals surface area contributed by atoms with E-state index >= 15 is 0 Å². The Labute approximate surface area is 205 Å². The van der Waals surface area contributed by atoms with Crippen molar-refractivity contribution in [3.05, 3.63) is 82.9 Å². The zero-order valence-corrected chi connectivity index (χ0v) is 19.7. The lowest BCUT2D eigenvalue weighted by Crippen LogP contribution is -2.52. The number of carbonyl (C=O) groups excluding carboxylic acids is 1. The molecule has 5 heterocycles. The first-order chi connectivity index (χ1) is 17.4. The number of benzene rings is 1. The van der Waals surface area contributed by atoms with E-state index in [9.17, 15) is 9.59 Å². The number of nitrogens with zero attached hydrogens (tertiary/aromatic N) is 7. The van der Waals surface area contributed by atoms with Crippen LogP contribution in [0, 0.1) is 5.92 Å². The van der Waals surface area contributed by atoms with Gasteiger partial charge in [-0.3, -0.25) is 14.2 Å². The number of hydrogen-bond acceptors (Lipinski definition) is 8. The summed E-state index contributed by atoms with van der Waals surface area (Å²) in [5, 5.41) is 4.92. The Bertz CT molecular complexity index is 1650. The predicted molar refractivity (Wildman–Crippen MR) is 134 cm³/mol. The molecule has 2 atom stereocenters. The number of nitrogens with two attached hydrogens (primary N) is 1. The molecule has 0 unspecified atom stereocenters. The molecule has 1 aromatic carbocycles. The van der Waals surface area contributed by atoms with Gasteiger partial charge in [-0.05, 0) is 25.1 Å². The van der Waals surface area contributed by atoms with E-state index in [1.807, 2.05) is 41.3 Å². The van der Waals surface area contributed by atoms with Crippen molar-refractivity contribution in [1.82, 2.24) is 34.1 Å². The lowest BCUT2D eigenvalue weighted by atomic mass is 9.88. The summed E-state index contributed by atoms with van der Waals surface area (Å²) in [5.74, 6) is 1.60. The lowest BCUT2D eigenvalue weighted by molar-refractivity contribution is 0.101. The molecule has 1 aliphatic rings. The summed E-state index contributed by atoms with van der Waals surface area (Å²) >= 11 is 0. The van der Waals surface area contributed by atoms with Crippen LogP contribution >= 0.6 is 0 Å². The number of H-pyrrole nitrogens is 1. The molecule has 1 fully saturated rings. The van der Waals surface area contributed by atoms with E-state index in [1.54, 1.807) is 27.7 Å². The first kappa shape index (κ1) is 21.7. The average molecular weight is 482 g/mol. The highest BCUT2D eigenvalue weighted by Gasteiger charge is 2.43. The summed E-state index contributed by atoms with van der Waals surface area (Å²) < 4.78 is 3.23. The summed E-state index contributed by atoms with van der Waals surface area (Å²) in [4.78, 5) is 44.2. The van der Waals surface area contributed by atoms with Crippen LogP contribution in [0.1, 0.15) is 36.1 Å². The number of nitrogen functional groups attached to an aromatic ring is 1. The molecule has 36 heavy (non-hydrogen) atoms. The SMILES string of the molecule is CC(=O)c1cnc(N)nc1N1C[C@H](C)[C@H]1c1nn2ccc(-c3ncc[nH]3)c2c(=O)n1-c1ccccc1. The van der Waals surface area contributed by atoms with E-state index in [-0.39, 0.29) is 29.3 Å². The minimum Gasteiger partial charge on any atom is -0.368 e. The Morgan fingerprint density at radius 1 is 1.17 bits per heavy atom. The number of rotatable bonds is 5. The average Bonchev–Trinajstić information content (AvgIpc) is 3.53. The normalized spacial score (nSPS) is 17.3. The number of para-hydroxylation sites is 1. The van der Waals surface area contributed by atoms with Gasteiger partial charge >= 0.3 is 0 Å². The van der Waals surface area contributed by atoms with Gasteiger partial charge in [-0.15, -0.1) is 0 Å². The van der Waals surface area contributed by atoms with E-state index in [2.05, 4.69) is 26.9 Å². The number of ketones is 1. The van der Waals surface area contributed by atoms with Crippen molar-refractivity contribution in [2.75, 3.05) is 17.2 Å². The van der Waals surface area contributed by atoms with Crippen LogP contribution in [-0.2, 0) is 0 Å². The predicted octanol–water partition coefficient (Wildman–Crippen LogP) is 2.65. The number of anilines is 2. The smallest absolute Gasteiger partial charge is 0.283 e. The topological polar surface area (TPSA) is 140 Å². The lowest BCUT2D eigenvalue weighted by Gasteiger charge is -2.47. The fourth-order valence-corrected chi connectivity index (χ4v) is 4.86. The number of nitrogens with one attached hydrogen (secondary N) is 1. The fraction of sp³-hybridized carbons (Fsp3) is 0.200. The molecule has 180 valence electrons. The van der Waals surface area contributed by atoms with Crippen molar-refractivity contribution in [2.45, 2.75) is 19.9 Å². The molecule has 1 saturated heterocycles. The first-order valence-corrected chi connectivity index (χ1v) is 11.5. The molecule has 6 rings (SSSR count). The van der Waals surface area contributed by atoms with Gasteiger partial charge in [-0.2, -0.15) is 10.1 Å². The summed E-state index contributed by atoms with van der Waals surface area (Å²) in [6.07, 6.45) is 6.56. The minimum atomic E-state index is -0.329. The number of aromatic amines is 1. The molecule has 11 nitrogen and oxygen atoms in total. The van der Waals surface area contributed by atoms with E-state index in [4.69, 9.17) is 10.8 Å². The van der Waals surface area contributed by atoms with Crippen LogP contribution in [-0.4, -0.2) is 46.4 Å². The van der Waals surface area contributed by atoms with Crippen LogP contribution in [0.15, 0.2) is 66.0 Å². The second-order valence-electron chi connectivity index (χ2n) is 8.89. The van der Waals surface area contributed by atoms with Gasteiger partial charge in [0.2, 0.25) is 5.95 Å². The van der Waals surface area contributed by atoms with E-state index in [0.717, 1.165) is 0 Å². The Kier molecular flexibility index (Phi) is 4.92. The van der Waals surface area contributed by atoms with Crippen LogP contribution in [0.5, 0.6) is 0 Å². The highest BCUT2D eigenvalue weighted by molar-refractivity contribution is 5.98. The van der Waals surface area contributed by atoms with Crippen LogP contribution in [0.2, 0.25) is 0 Å². The van der Waals surface area contributed by atoms with Gasteiger partial charge in [0, 0.05) is 37.3 Å². The van der Waals surface area contributed by atoms with Crippen LogP contribution in [0.3, 0.4) is 0 Å². The largest absolute Gasteiger partial charge is 0.368 e. The molecule has 0 radical (unpaired) electrons. The number of aromatic nitrogens is 7. The maximum Gasteiger partial charge on any atom is 0.283 e. The first-order valence-electron chi connectivity index (χ1n) is 11.5. The molecular weight excluding hydrogens is 458 g/mol. The number of fused-ring (bicyclic) bond motifs is 1. The highest BCUT2D eigenvalue weighted by Crippen LogP contribution is 2.42. The summed E-state index contributed by atoms with van der Waals surface area (Å²) in [6.45, 7) is 4.17. The van der Waals surface area contributed by atoms with Gasteiger partial charge in [0.05, 0.1) is 22.9 Å². The Morgan fingerprint density at radius 3 is 2.67 bits per heavy atom. The van der Waals surface area contributed by atoms with Gasteiger partial charge in [0.1, 0.15) is 17.2 Å². The molecule has 0 saturated carbocycles. The van der Waals surface area contributed by atoms with Crippen LogP contribution in [0.4, 0.5) is 11.8 Å². The molecular formula is C25H23N9O2. The number of hydrogen-bond donors (Lipinski definition) is 2. The fourth-order valence-electron chi connectivity index (χ4n) is 4.86. The molecule has 0 amide bonds. The molecule has 0 spiro atoms. The van der Waals surface area contributed by atoms with Gasteiger partial charge < -0.3 is 15.6 Å². The maximum atomic E-state index is 14.1. The second-order valence-corrected chi connectivity index (χ2v) is 8.89. The number of Topliss-reactive ketones (excluding diaryl/α,β-unsaturated/α-hetero) is 1. The maximum absolute atomic E-state index is 14.1. The van der Waals surface area contributed by atoms with Crippen molar-refractivity contribution in [2.24, 2.45) is 5.92 Å². The van der Waals surface area contributed by atoms with Crippen LogP contribution < -0.4 is 16.2 Å². The monoisotopic (exact) mass is 481 g/mol. The number of carbonyl (C=O) groups is 1. The van der Waals surface area contributed by atoms with Gasteiger partial charge in [0.25, 0.3) is 5.56 Å². The summed E-state index contributed by atoms with van der Waals surface area (Å²) in [5.41, 5.74) is 7.79. The molecule has 11 heteroatoms. The Hall–Kier alpha value is -4.80. The molecule has 1 aliphatic heterocycles. The third kappa shape index (κ3) is 3.28. The van der Waals surface area contributed by atoms with Crippen LogP contribution in [0.25, 0.3) is 22.6 Å². The van der Waals surface area contributed by atoms with Crippen molar-refractivity contribution in [3.63, 3.8) is 0 Å². The van der Waals surface area contributed by atoms with Crippen molar-refractivity contribution in [3.8, 4) is 17.1 Å². The van der Waals surface area contributed by atoms with Gasteiger partial charge in [-0.1, -0.05) is 25.1 Å².